The minimum absolute atomic E-state index is 0.0665. The van der Waals surface area contributed by atoms with Gasteiger partial charge in [-0.3, -0.25) is 4.79 Å². The number of benzene rings is 3. The van der Waals surface area contributed by atoms with Crippen LogP contribution in [0.5, 0.6) is 5.75 Å². The zero-order valence-electron chi connectivity index (χ0n) is 16.9. The molecule has 4 nitrogen and oxygen atoms in total. The molecule has 0 radical (unpaired) electrons. The van der Waals surface area contributed by atoms with E-state index in [2.05, 4.69) is 10.6 Å². The van der Waals surface area contributed by atoms with Crippen LogP contribution in [0.1, 0.15) is 34.5 Å². The third kappa shape index (κ3) is 4.81. The van der Waals surface area contributed by atoms with Crippen molar-refractivity contribution in [1.82, 2.24) is 10.6 Å². The number of Topliss-reactive ketones (excluding diaryl/α,β-unsaturated/α-hetero) is 1. The summed E-state index contributed by atoms with van der Waals surface area (Å²) in [5, 5.41) is 6.74. The van der Waals surface area contributed by atoms with Gasteiger partial charge in [0.15, 0.2) is 10.9 Å². The van der Waals surface area contributed by atoms with Gasteiger partial charge in [-0.2, -0.15) is 0 Å². The van der Waals surface area contributed by atoms with Crippen LogP contribution in [0, 0.1) is 5.82 Å². The average molecular weight is 433 g/mol. The van der Waals surface area contributed by atoms with E-state index >= 15 is 0 Å². The van der Waals surface area contributed by atoms with Crippen molar-refractivity contribution >= 4 is 23.1 Å². The van der Waals surface area contributed by atoms with Crippen LogP contribution in [0.4, 0.5) is 4.39 Å². The Bertz CT molecular complexity index is 1140. The second kappa shape index (κ2) is 9.10. The molecule has 2 N–H and O–H groups in total. The summed E-state index contributed by atoms with van der Waals surface area (Å²) in [5.74, 6) is 0.303. The van der Waals surface area contributed by atoms with Gasteiger partial charge in [0.2, 0.25) is 0 Å². The Morgan fingerprint density at radius 2 is 1.77 bits per heavy atom. The maximum absolute atomic E-state index is 13.3. The predicted molar refractivity (Wildman–Crippen MR) is 122 cm³/mol. The first-order valence-corrected chi connectivity index (χ1v) is 10.3. The molecule has 0 bridgehead atoms. The second-order valence-electron chi connectivity index (χ2n) is 7.25. The standard InChI is InChI=1S/C25H21FN2O2S/c1-16-22(24(29)18-6-3-2-4-7-18)23(28-25(31)27-16)19-8-5-9-21(14-19)30-15-17-10-12-20(26)13-11-17/h2-14,23H,15H2,1H3,(H2,27,28,31). The van der Waals surface area contributed by atoms with Gasteiger partial charge in [-0.05, 0) is 54.5 Å². The fourth-order valence-electron chi connectivity index (χ4n) is 3.52. The number of nitrogens with one attached hydrogen (secondary N) is 2. The maximum atomic E-state index is 13.3. The lowest BCUT2D eigenvalue weighted by Crippen LogP contribution is -2.44. The van der Waals surface area contributed by atoms with E-state index in [1.807, 2.05) is 49.4 Å². The molecule has 4 rings (SSSR count). The zero-order valence-corrected chi connectivity index (χ0v) is 17.7. The molecule has 0 fully saturated rings. The number of carbonyl (C=O) groups is 1. The Hall–Kier alpha value is -3.51. The van der Waals surface area contributed by atoms with Gasteiger partial charge in [-0.15, -0.1) is 0 Å². The molecule has 0 aliphatic carbocycles. The van der Waals surface area contributed by atoms with Gasteiger partial charge in [0, 0.05) is 16.8 Å². The third-order valence-corrected chi connectivity index (χ3v) is 5.28. The lowest BCUT2D eigenvalue weighted by Gasteiger charge is -2.30. The van der Waals surface area contributed by atoms with Gasteiger partial charge in [-0.25, -0.2) is 4.39 Å². The van der Waals surface area contributed by atoms with Crippen molar-refractivity contribution in [2.24, 2.45) is 0 Å². The van der Waals surface area contributed by atoms with E-state index in [0.717, 1.165) is 16.8 Å². The fourth-order valence-corrected chi connectivity index (χ4v) is 3.79. The van der Waals surface area contributed by atoms with Crippen LogP contribution in [0.3, 0.4) is 0 Å². The van der Waals surface area contributed by atoms with Gasteiger partial charge >= 0.3 is 0 Å². The first-order chi connectivity index (χ1) is 15.0. The van der Waals surface area contributed by atoms with Gasteiger partial charge in [-0.1, -0.05) is 54.6 Å². The number of allylic oxidation sites excluding steroid dienone is 1. The molecule has 0 aromatic heterocycles. The van der Waals surface area contributed by atoms with Gasteiger partial charge < -0.3 is 15.4 Å². The van der Waals surface area contributed by atoms with Crippen LogP contribution < -0.4 is 15.4 Å². The minimum Gasteiger partial charge on any atom is -0.489 e. The van der Waals surface area contributed by atoms with E-state index in [-0.39, 0.29) is 11.6 Å². The number of ether oxygens (including phenoxy) is 1. The van der Waals surface area contributed by atoms with Crippen LogP contribution in [0.15, 0.2) is 90.1 Å². The lowest BCUT2D eigenvalue weighted by molar-refractivity contribution is 0.102. The summed E-state index contributed by atoms with van der Waals surface area (Å²) < 4.78 is 19.0. The summed E-state index contributed by atoms with van der Waals surface area (Å²) in [4.78, 5) is 13.3. The number of thiocarbonyl (C=S) groups is 1. The Balaban J connectivity index is 1.61. The minimum atomic E-state index is -0.407. The Labute approximate surface area is 185 Å². The molecule has 31 heavy (non-hydrogen) atoms. The molecule has 1 aliphatic rings. The lowest BCUT2D eigenvalue weighted by atomic mass is 9.89. The van der Waals surface area contributed by atoms with Crippen molar-refractivity contribution in [1.29, 1.82) is 0 Å². The topological polar surface area (TPSA) is 50.4 Å². The number of halogens is 1. The summed E-state index contributed by atoms with van der Waals surface area (Å²) in [7, 11) is 0. The zero-order chi connectivity index (χ0) is 21.8. The first kappa shape index (κ1) is 20.8. The molecular weight excluding hydrogens is 411 g/mol. The van der Waals surface area contributed by atoms with Crippen molar-refractivity contribution in [3.8, 4) is 5.75 Å². The Morgan fingerprint density at radius 1 is 1.03 bits per heavy atom. The van der Waals surface area contributed by atoms with Crippen molar-refractivity contribution in [3.63, 3.8) is 0 Å². The van der Waals surface area contributed by atoms with E-state index < -0.39 is 6.04 Å². The highest BCUT2D eigenvalue weighted by molar-refractivity contribution is 7.80. The molecule has 1 heterocycles. The van der Waals surface area contributed by atoms with E-state index in [0.29, 0.717) is 28.6 Å². The van der Waals surface area contributed by atoms with Crippen molar-refractivity contribution < 1.29 is 13.9 Å². The van der Waals surface area contributed by atoms with E-state index in [1.54, 1.807) is 24.3 Å². The fraction of sp³-hybridized carbons (Fsp3) is 0.120. The molecule has 0 saturated carbocycles. The van der Waals surface area contributed by atoms with Crippen molar-refractivity contribution in [3.05, 3.63) is 113 Å². The third-order valence-electron chi connectivity index (χ3n) is 5.06. The normalized spacial score (nSPS) is 15.8. The average Bonchev–Trinajstić information content (AvgIpc) is 2.78. The summed E-state index contributed by atoms with van der Waals surface area (Å²) in [6.07, 6.45) is 0. The van der Waals surface area contributed by atoms with Crippen LogP contribution in [-0.2, 0) is 6.61 Å². The molecule has 3 aromatic carbocycles. The number of rotatable bonds is 6. The maximum Gasteiger partial charge on any atom is 0.193 e. The van der Waals surface area contributed by atoms with Crippen molar-refractivity contribution in [2.45, 2.75) is 19.6 Å². The monoisotopic (exact) mass is 432 g/mol. The summed E-state index contributed by atoms with van der Waals surface area (Å²) in [6, 6.07) is 22.5. The van der Waals surface area contributed by atoms with Crippen LogP contribution in [-0.4, -0.2) is 10.9 Å². The SMILES string of the molecule is CC1=C(C(=O)c2ccccc2)C(c2cccc(OCc3ccc(F)cc3)c2)NC(=S)N1. The van der Waals surface area contributed by atoms with Crippen molar-refractivity contribution in [2.75, 3.05) is 0 Å². The number of carbonyl (C=O) groups excluding carboxylic acids is 1. The molecule has 1 unspecified atom stereocenters. The summed E-state index contributed by atoms with van der Waals surface area (Å²) >= 11 is 5.34. The first-order valence-electron chi connectivity index (χ1n) is 9.86. The molecule has 0 saturated heterocycles. The Kier molecular flexibility index (Phi) is 6.09. The molecule has 1 atom stereocenters. The van der Waals surface area contributed by atoms with Gasteiger partial charge in [0.05, 0.1) is 6.04 Å². The highest BCUT2D eigenvalue weighted by Crippen LogP contribution is 2.31. The quantitative estimate of drug-likeness (QED) is 0.420. The number of ketones is 1. The highest BCUT2D eigenvalue weighted by Gasteiger charge is 2.30. The molecule has 156 valence electrons. The van der Waals surface area contributed by atoms with Crippen LogP contribution in [0.2, 0.25) is 0 Å². The molecule has 1 aliphatic heterocycles. The molecule has 6 heteroatoms. The largest absolute Gasteiger partial charge is 0.489 e. The van der Waals surface area contributed by atoms with Gasteiger partial charge in [0.25, 0.3) is 0 Å². The smallest absolute Gasteiger partial charge is 0.193 e. The Morgan fingerprint density at radius 3 is 2.52 bits per heavy atom. The molecule has 0 spiro atoms. The number of hydrogen-bond donors (Lipinski definition) is 2. The van der Waals surface area contributed by atoms with E-state index in [9.17, 15) is 9.18 Å². The molecule has 0 amide bonds. The van der Waals surface area contributed by atoms with Crippen LogP contribution >= 0.6 is 12.2 Å². The van der Waals surface area contributed by atoms with E-state index in [4.69, 9.17) is 17.0 Å². The molecular formula is C25H21FN2O2S. The van der Waals surface area contributed by atoms with E-state index in [1.165, 1.54) is 12.1 Å². The van der Waals surface area contributed by atoms with Gasteiger partial charge in [0.1, 0.15) is 18.2 Å². The molecule has 3 aromatic rings. The predicted octanol–water partition coefficient (Wildman–Crippen LogP) is 5.08. The summed E-state index contributed by atoms with van der Waals surface area (Å²) in [5.41, 5.74) is 3.67. The summed E-state index contributed by atoms with van der Waals surface area (Å²) in [6.45, 7) is 2.16. The second-order valence-corrected chi connectivity index (χ2v) is 7.66. The van der Waals surface area contributed by atoms with Crippen LogP contribution in [0.25, 0.3) is 0 Å². The number of hydrogen-bond acceptors (Lipinski definition) is 3. The highest BCUT2D eigenvalue weighted by atomic mass is 32.1.